The van der Waals surface area contributed by atoms with Gasteiger partial charge in [-0.1, -0.05) is 6.08 Å². The second-order valence-corrected chi connectivity index (χ2v) is 4.81. The van der Waals surface area contributed by atoms with Crippen molar-refractivity contribution >= 4 is 10.0 Å². The third-order valence-electron chi connectivity index (χ3n) is 1.82. The van der Waals surface area contributed by atoms with Gasteiger partial charge in [-0.05, 0) is 31.2 Å². The van der Waals surface area contributed by atoms with Crippen LogP contribution in [-0.4, -0.2) is 14.5 Å². The molecule has 1 rings (SSSR count). The first kappa shape index (κ1) is 11.9. The predicted octanol–water partition coefficient (Wildman–Crippen LogP) is 1.68. The topological polar surface area (TPSA) is 46.2 Å². The Morgan fingerprint density at radius 2 is 1.93 bits per heavy atom. The number of hydrogen-bond donors (Lipinski definition) is 1. The van der Waals surface area contributed by atoms with Crippen molar-refractivity contribution in [1.82, 2.24) is 4.72 Å². The van der Waals surface area contributed by atoms with Gasteiger partial charge in [0.2, 0.25) is 10.0 Å². The molecule has 0 saturated carbocycles. The fraction of sp³-hybridized carbons (Fsp3) is 0.200. The van der Waals surface area contributed by atoms with E-state index in [0.717, 1.165) is 12.1 Å². The lowest BCUT2D eigenvalue weighted by atomic mass is 10.4. The average Bonchev–Trinajstić information content (AvgIpc) is 2.17. The molecule has 0 aliphatic heterocycles. The van der Waals surface area contributed by atoms with Crippen molar-refractivity contribution < 1.29 is 12.8 Å². The Morgan fingerprint density at radius 3 is 2.40 bits per heavy atom. The molecule has 0 aliphatic rings. The van der Waals surface area contributed by atoms with E-state index in [1.807, 2.05) is 0 Å². The van der Waals surface area contributed by atoms with Crippen LogP contribution < -0.4 is 4.72 Å². The molecule has 3 nitrogen and oxygen atoms in total. The smallest absolute Gasteiger partial charge is 0.207 e. The zero-order valence-corrected chi connectivity index (χ0v) is 9.09. The first-order valence-corrected chi connectivity index (χ1v) is 5.84. The molecule has 0 spiro atoms. The zero-order chi connectivity index (χ0) is 11.5. The van der Waals surface area contributed by atoms with Crippen LogP contribution in [0.5, 0.6) is 0 Å². The Hall–Kier alpha value is -1.20. The highest BCUT2D eigenvalue weighted by Gasteiger charge is 2.15. The van der Waals surface area contributed by atoms with Gasteiger partial charge in [0.15, 0.2) is 0 Å². The molecule has 1 aromatic carbocycles. The van der Waals surface area contributed by atoms with Gasteiger partial charge < -0.3 is 0 Å². The lowest BCUT2D eigenvalue weighted by Crippen LogP contribution is -2.30. The summed E-state index contributed by atoms with van der Waals surface area (Å²) in [5, 5.41) is 0. The van der Waals surface area contributed by atoms with Crippen LogP contribution in [0.3, 0.4) is 0 Å². The average molecular weight is 229 g/mol. The van der Waals surface area contributed by atoms with Crippen LogP contribution in [0.25, 0.3) is 0 Å². The van der Waals surface area contributed by atoms with Gasteiger partial charge in [0.25, 0.3) is 0 Å². The third-order valence-corrected chi connectivity index (χ3v) is 3.39. The lowest BCUT2D eigenvalue weighted by molar-refractivity contribution is 0.575. The molecule has 0 radical (unpaired) electrons. The Labute approximate surface area is 88.7 Å². The van der Waals surface area contributed by atoms with Crippen molar-refractivity contribution in [2.75, 3.05) is 0 Å². The Bertz CT molecular complexity index is 439. The van der Waals surface area contributed by atoms with E-state index >= 15 is 0 Å². The van der Waals surface area contributed by atoms with Crippen LogP contribution in [0.4, 0.5) is 4.39 Å². The van der Waals surface area contributed by atoms with Crippen molar-refractivity contribution in [3.63, 3.8) is 0 Å². The summed E-state index contributed by atoms with van der Waals surface area (Å²) in [5.41, 5.74) is 0. The van der Waals surface area contributed by atoms with Crippen LogP contribution >= 0.6 is 0 Å². The van der Waals surface area contributed by atoms with E-state index in [4.69, 9.17) is 0 Å². The van der Waals surface area contributed by atoms with Crippen LogP contribution in [0.15, 0.2) is 41.8 Å². The van der Waals surface area contributed by atoms with E-state index in [1.165, 1.54) is 18.2 Å². The molecule has 5 heteroatoms. The van der Waals surface area contributed by atoms with Gasteiger partial charge in [0.1, 0.15) is 5.82 Å². The largest absolute Gasteiger partial charge is 0.241 e. The summed E-state index contributed by atoms with van der Waals surface area (Å²) in [5.74, 6) is -0.467. The number of benzene rings is 1. The quantitative estimate of drug-likeness (QED) is 0.798. The summed E-state index contributed by atoms with van der Waals surface area (Å²) >= 11 is 0. The lowest BCUT2D eigenvalue weighted by Gasteiger charge is -2.09. The SMILES string of the molecule is C=CC(C)NS(=O)(=O)c1ccc(F)cc1. The number of hydrogen-bond acceptors (Lipinski definition) is 2. The highest BCUT2D eigenvalue weighted by molar-refractivity contribution is 7.89. The van der Waals surface area contributed by atoms with Gasteiger partial charge in [0.05, 0.1) is 4.90 Å². The van der Waals surface area contributed by atoms with E-state index in [9.17, 15) is 12.8 Å². The van der Waals surface area contributed by atoms with E-state index in [2.05, 4.69) is 11.3 Å². The molecule has 0 aliphatic carbocycles. The monoisotopic (exact) mass is 229 g/mol. The number of sulfonamides is 1. The minimum absolute atomic E-state index is 0.0394. The molecular weight excluding hydrogens is 217 g/mol. The van der Waals surface area contributed by atoms with Gasteiger partial charge in [0, 0.05) is 6.04 Å². The molecule has 0 fully saturated rings. The second kappa shape index (κ2) is 4.55. The van der Waals surface area contributed by atoms with Crippen LogP contribution in [0.1, 0.15) is 6.92 Å². The van der Waals surface area contributed by atoms with Crippen molar-refractivity contribution in [3.8, 4) is 0 Å². The van der Waals surface area contributed by atoms with E-state index in [-0.39, 0.29) is 10.9 Å². The summed E-state index contributed by atoms with van der Waals surface area (Å²) in [6, 6.07) is 4.28. The van der Waals surface area contributed by atoms with E-state index < -0.39 is 15.8 Å². The molecule has 82 valence electrons. The molecule has 1 N–H and O–H groups in total. The predicted molar refractivity (Wildman–Crippen MR) is 56.4 cm³/mol. The van der Waals surface area contributed by atoms with Crippen molar-refractivity contribution in [2.24, 2.45) is 0 Å². The van der Waals surface area contributed by atoms with Crippen LogP contribution in [0, 0.1) is 5.82 Å². The van der Waals surface area contributed by atoms with Gasteiger partial charge in [-0.2, -0.15) is 0 Å². The number of rotatable bonds is 4. The van der Waals surface area contributed by atoms with Crippen molar-refractivity contribution in [1.29, 1.82) is 0 Å². The van der Waals surface area contributed by atoms with Crippen molar-refractivity contribution in [2.45, 2.75) is 17.9 Å². The normalized spacial score (nSPS) is 13.5. The molecule has 0 aromatic heterocycles. The molecule has 1 atom stereocenters. The van der Waals surface area contributed by atoms with E-state index in [0.29, 0.717) is 0 Å². The number of halogens is 1. The fourth-order valence-electron chi connectivity index (χ4n) is 0.975. The summed E-state index contributed by atoms with van der Waals surface area (Å²) in [4.78, 5) is 0.0394. The molecule has 1 aromatic rings. The fourth-order valence-corrected chi connectivity index (χ4v) is 2.19. The molecule has 1 unspecified atom stereocenters. The molecule has 0 saturated heterocycles. The van der Waals surface area contributed by atoms with E-state index in [1.54, 1.807) is 6.92 Å². The maximum atomic E-state index is 12.6. The molecular formula is C10H12FNO2S. The first-order valence-electron chi connectivity index (χ1n) is 4.36. The minimum atomic E-state index is -3.58. The summed E-state index contributed by atoms with van der Waals surface area (Å²) in [6.45, 7) is 5.13. The summed E-state index contributed by atoms with van der Waals surface area (Å²) in [6.07, 6.45) is 1.47. The van der Waals surface area contributed by atoms with Gasteiger partial charge in [-0.3, -0.25) is 0 Å². The Morgan fingerprint density at radius 1 is 1.40 bits per heavy atom. The van der Waals surface area contributed by atoms with Gasteiger partial charge in [-0.25, -0.2) is 17.5 Å². The molecule has 0 bridgehead atoms. The van der Waals surface area contributed by atoms with Crippen LogP contribution in [0.2, 0.25) is 0 Å². The van der Waals surface area contributed by atoms with Crippen molar-refractivity contribution in [3.05, 3.63) is 42.7 Å². The summed E-state index contributed by atoms with van der Waals surface area (Å²) in [7, 11) is -3.58. The third kappa shape index (κ3) is 3.14. The van der Waals surface area contributed by atoms with Gasteiger partial charge in [-0.15, -0.1) is 6.58 Å². The van der Waals surface area contributed by atoms with Crippen LogP contribution in [-0.2, 0) is 10.0 Å². The standard InChI is InChI=1S/C10H12FNO2S/c1-3-8(2)12-15(13,14)10-6-4-9(11)5-7-10/h3-8,12H,1H2,2H3. The maximum Gasteiger partial charge on any atom is 0.241 e. The molecule has 0 amide bonds. The minimum Gasteiger partial charge on any atom is -0.207 e. The molecule has 0 heterocycles. The highest BCUT2D eigenvalue weighted by atomic mass is 32.2. The Balaban J connectivity index is 2.96. The second-order valence-electron chi connectivity index (χ2n) is 3.10. The number of nitrogens with one attached hydrogen (secondary N) is 1. The first-order chi connectivity index (χ1) is 6.95. The molecule has 15 heavy (non-hydrogen) atoms. The zero-order valence-electron chi connectivity index (χ0n) is 8.27. The van der Waals surface area contributed by atoms with Gasteiger partial charge >= 0.3 is 0 Å². The highest BCUT2D eigenvalue weighted by Crippen LogP contribution is 2.10. The Kier molecular flexibility index (Phi) is 3.60. The maximum absolute atomic E-state index is 12.6. The summed E-state index contributed by atoms with van der Waals surface area (Å²) < 4.78 is 38.2.